The Morgan fingerprint density at radius 2 is 1.90 bits per heavy atom. The number of hydrogen-bond donors (Lipinski definition) is 1. The monoisotopic (exact) mass is 440 g/mol. The van der Waals surface area contributed by atoms with E-state index < -0.39 is 29.2 Å². The van der Waals surface area contributed by atoms with Crippen LogP contribution in [-0.2, 0) is 23.8 Å². The molecule has 0 saturated carbocycles. The number of carbonyl (C=O) groups excluding carboxylic acids is 3. The van der Waals surface area contributed by atoms with Crippen molar-refractivity contribution in [1.82, 2.24) is 4.90 Å². The molecule has 2 saturated heterocycles. The molecule has 0 aromatic rings. The first kappa shape index (κ1) is 25.6. The Hall–Kier alpha value is -1.67. The molecule has 1 amide bonds. The predicted molar refractivity (Wildman–Crippen MR) is 116 cm³/mol. The SMILES string of the molecule is CC[C@@H](OC(=O)C(C)C(=O)[C@H](C)C[C@@](C)(C[C@@H](C)CN)OC)[C@@]1(C)OC(=O)N2[C@@H](C)[C@@H]21. The van der Waals surface area contributed by atoms with Gasteiger partial charge in [0.1, 0.15) is 17.8 Å². The minimum absolute atomic E-state index is 0.0701. The van der Waals surface area contributed by atoms with Gasteiger partial charge in [-0.15, -0.1) is 0 Å². The number of fused-ring (bicyclic) bond motifs is 1. The van der Waals surface area contributed by atoms with Crippen LogP contribution in [0.15, 0.2) is 0 Å². The molecule has 0 spiro atoms. The third-order valence-corrected chi connectivity index (χ3v) is 7.16. The fraction of sp³-hybridized carbons (Fsp3) is 0.870. The third-order valence-electron chi connectivity index (χ3n) is 7.16. The van der Waals surface area contributed by atoms with Crippen LogP contribution in [0.25, 0.3) is 0 Å². The van der Waals surface area contributed by atoms with Gasteiger partial charge in [-0.05, 0) is 59.4 Å². The Morgan fingerprint density at radius 3 is 2.35 bits per heavy atom. The van der Waals surface area contributed by atoms with E-state index in [1.165, 1.54) is 0 Å². The molecule has 2 fully saturated rings. The Labute approximate surface area is 186 Å². The number of ketones is 1. The molecule has 2 N–H and O–H groups in total. The van der Waals surface area contributed by atoms with Crippen LogP contribution in [0.4, 0.5) is 4.79 Å². The fourth-order valence-corrected chi connectivity index (χ4v) is 5.15. The van der Waals surface area contributed by atoms with Crippen molar-refractivity contribution in [2.75, 3.05) is 13.7 Å². The van der Waals surface area contributed by atoms with Crippen molar-refractivity contribution in [2.45, 2.75) is 97.1 Å². The Bertz CT molecular complexity index is 700. The number of carbonyl (C=O) groups is 3. The summed E-state index contributed by atoms with van der Waals surface area (Å²) < 4.78 is 17.0. The lowest BCUT2D eigenvalue weighted by Crippen LogP contribution is -2.49. The van der Waals surface area contributed by atoms with Gasteiger partial charge in [0, 0.05) is 13.0 Å². The van der Waals surface area contributed by atoms with Crippen molar-refractivity contribution in [3.63, 3.8) is 0 Å². The molecule has 1 unspecified atom stereocenters. The number of nitrogens with two attached hydrogens (primary N) is 1. The standard InChI is InChI=1S/C23H40N2O6/c1-9-17(23(7)19-16(5)25(19)21(28)31-23)30-20(27)15(4)18(26)14(3)11-22(6,29-8)10-13(2)12-24/h13-17,19H,9-12,24H2,1-8H3/t13-,14-,15?,16+,17-,19-,22-,23-,25?/m1/s1. The maximum atomic E-state index is 13.0. The second-order valence-electron chi connectivity index (χ2n) is 9.91. The van der Waals surface area contributed by atoms with E-state index >= 15 is 0 Å². The molecule has 8 heteroatoms. The summed E-state index contributed by atoms with van der Waals surface area (Å²) >= 11 is 0. The van der Waals surface area contributed by atoms with Gasteiger partial charge < -0.3 is 19.9 Å². The summed E-state index contributed by atoms with van der Waals surface area (Å²) in [5.74, 6) is -1.79. The van der Waals surface area contributed by atoms with Gasteiger partial charge in [-0.3, -0.25) is 14.5 Å². The van der Waals surface area contributed by atoms with Gasteiger partial charge in [0.2, 0.25) is 0 Å². The first-order chi connectivity index (χ1) is 14.3. The number of esters is 1. The van der Waals surface area contributed by atoms with Crippen LogP contribution in [0.5, 0.6) is 0 Å². The maximum Gasteiger partial charge on any atom is 0.411 e. The van der Waals surface area contributed by atoms with E-state index in [0.717, 1.165) is 6.42 Å². The lowest BCUT2D eigenvalue weighted by molar-refractivity contribution is -0.168. The molecule has 8 nitrogen and oxygen atoms in total. The van der Waals surface area contributed by atoms with Crippen molar-refractivity contribution in [1.29, 1.82) is 0 Å². The lowest BCUT2D eigenvalue weighted by atomic mass is 9.81. The lowest BCUT2D eigenvalue weighted by Gasteiger charge is -2.34. The highest BCUT2D eigenvalue weighted by molar-refractivity contribution is 5.99. The molecule has 0 radical (unpaired) electrons. The van der Waals surface area contributed by atoms with Crippen molar-refractivity contribution >= 4 is 17.8 Å². The van der Waals surface area contributed by atoms with Crippen LogP contribution >= 0.6 is 0 Å². The van der Waals surface area contributed by atoms with Gasteiger partial charge in [0.05, 0.1) is 17.7 Å². The number of nitrogens with zero attached hydrogens (tertiary/aromatic N) is 1. The van der Waals surface area contributed by atoms with Gasteiger partial charge in [-0.1, -0.05) is 20.8 Å². The Kier molecular flexibility index (Phi) is 7.80. The third kappa shape index (κ3) is 5.06. The summed E-state index contributed by atoms with van der Waals surface area (Å²) in [6.07, 6.45) is 0.725. The molecule has 178 valence electrons. The topological polar surface area (TPSA) is 108 Å². The van der Waals surface area contributed by atoms with Gasteiger partial charge >= 0.3 is 12.1 Å². The largest absolute Gasteiger partial charge is 0.458 e. The number of ether oxygens (including phenoxy) is 3. The number of rotatable bonds is 12. The maximum absolute atomic E-state index is 13.0. The number of cyclic esters (lactones) is 1. The average molecular weight is 441 g/mol. The zero-order valence-corrected chi connectivity index (χ0v) is 20.3. The van der Waals surface area contributed by atoms with Gasteiger partial charge in [0.15, 0.2) is 5.60 Å². The Balaban J connectivity index is 2.01. The van der Waals surface area contributed by atoms with E-state index in [9.17, 15) is 14.4 Å². The van der Waals surface area contributed by atoms with Gasteiger partial charge in [0.25, 0.3) is 0 Å². The van der Waals surface area contributed by atoms with Crippen molar-refractivity contribution < 1.29 is 28.6 Å². The quantitative estimate of drug-likeness (QED) is 0.282. The molecule has 2 aliphatic heterocycles. The molecule has 0 bridgehead atoms. The smallest absolute Gasteiger partial charge is 0.411 e. The molecule has 0 aromatic carbocycles. The first-order valence-corrected chi connectivity index (χ1v) is 11.4. The van der Waals surface area contributed by atoms with Crippen LogP contribution in [0.1, 0.15) is 67.7 Å². The second-order valence-corrected chi connectivity index (χ2v) is 9.91. The minimum Gasteiger partial charge on any atom is -0.458 e. The van der Waals surface area contributed by atoms with Gasteiger partial charge in [-0.2, -0.15) is 0 Å². The molecule has 8 atom stereocenters. The first-order valence-electron chi connectivity index (χ1n) is 11.4. The predicted octanol–water partition coefficient (Wildman–Crippen LogP) is 2.91. The zero-order chi connectivity index (χ0) is 23.7. The van der Waals surface area contributed by atoms with E-state index in [-0.39, 0.29) is 35.8 Å². The molecule has 0 aromatic heterocycles. The van der Waals surface area contributed by atoms with Crippen molar-refractivity contribution in [2.24, 2.45) is 23.5 Å². The number of Topliss-reactive ketones (excluding diaryl/α,β-unsaturated/α-hetero) is 1. The van der Waals surface area contributed by atoms with Gasteiger partial charge in [-0.25, -0.2) is 4.79 Å². The van der Waals surface area contributed by atoms with Crippen molar-refractivity contribution in [3.05, 3.63) is 0 Å². The minimum atomic E-state index is -0.912. The van der Waals surface area contributed by atoms with E-state index in [2.05, 4.69) is 0 Å². The highest BCUT2D eigenvalue weighted by atomic mass is 16.6. The highest BCUT2D eigenvalue weighted by Gasteiger charge is 2.69. The molecule has 2 rings (SSSR count). The molecular weight excluding hydrogens is 400 g/mol. The van der Waals surface area contributed by atoms with Crippen molar-refractivity contribution in [3.8, 4) is 0 Å². The highest BCUT2D eigenvalue weighted by Crippen LogP contribution is 2.48. The normalized spacial score (nSPS) is 30.5. The van der Waals surface area contributed by atoms with E-state index in [0.29, 0.717) is 19.4 Å². The Morgan fingerprint density at radius 1 is 1.29 bits per heavy atom. The van der Waals surface area contributed by atoms with E-state index in [1.807, 2.05) is 34.6 Å². The summed E-state index contributed by atoms with van der Waals surface area (Å²) in [5, 5.41) is 0. The summed E-state index contributed by atoms with van der Waals surface area (Å²) in [6, 6.07) is -0.0321. The summed E-state index contributed by atoms with van der Waals surface area (Å²) in [7, 11) is 1.63. The van der Waals surface area contributed by atoms with Crippen LogP contribution < -0.4 is 5.73 Å². The average Bonchev–Trinajstić information content (AvgIpc) is 3.33. The summed E-state index contributed by atoms with van der Waals surface area (Å²) in [6.45, 7) is 13.6. The number of methoxy groups -OCH3 is 1. The van der Waals surface area contributed by atoms with E-state index in [1.54, 1.807) is 25.9 Å². The molecule has 2 aliphatic rings. The van der Waals surface area contributed by atoms with Crippen LogP contribution in [0, 0.1) is 17.8 Å². The molecular formula is C23H40N2O6. The van der Waals surface area contributed by atoms with Crippen LogP contribution in [0.3, 0.4) is 0 Å². The number of hydrogen-bond acceptors (Lipinski definition) is 7. The van der Waals surface area contributed by atoms with Crippen LogP contribution in [-0.4, -0.2) is 65.8 Å². The number of amides is 1. The summed E-state index contributed by atoms with van der Waals surface area (Å²) in [5.41, 5.74) is 4.35. The molecule has 31 heavy (non-hydrogen) atoms. The van der Waals surface area contributed by atoms with Crippen LogP contribution in [0.2, 0.25) is 0 Å². The fourth-order valence-electron chi connectivity index (χ4n) is 5.15. The molecule has 2 heterocycles. The second kappa shape index (κ2) is 9.45. The zero-order valence-electron chi connectivity index (χ0n) is 20.3. The molecule has 0 aliphatic carbocycles. The van der Waals surface area contributed by atoms with E-state index in [4.69, 9.17) is 19.9 Å². The summed E-state index contributed by atoms with van der Waals surface area (Å²) in [4.78, 5) is 39.5.